The van der Waals surface area contributed by atoms with Crippen molar-refractivity contribution in [3.05, 3.63) is 120 Å². The molecule has 0 N–H and O–H groups in total. The lowest BCUT2D eigenvalue weighted by molar-refractivity contribution is 0.373. The summed E-state index contributed by atoms with van der Waals surface area (Å²) in [4.78, 5) is 5.12. The lowest BCUT2D eigenvalue weighted by Crippen LogP contribution is -2.25. The van der Waals surface area contributed by atoms with Gasteiger partial charge in [-0.1, -0.05) is 128 Å². The molecule has 43 heavy (non-hydrogen) atoms. The van der Waals surface area contributed by atoms with Crippen LogP contribution in [-0.2, 0) is 18.3 Å². The van der Waals surface area contributed by atoms with Gasteiger partial charge in [0.1, 0.15) is 5.82 Å². The molecule has 0 unspecified atom stereocenters. The summed E-state index contributed by atoms with van der Waals surface area (Å²) in [5.41, 5.74) is 11.6. The molecule has 0 amide bonds. The summed E-state index contributed by atoms with van der Waals surface area (Å²) in [5.74, 6) is 2.54. The fraction of sp³-hybridized carbons (Fsp3) is 0.341. The standard InChI is InChI=1S/C41H48N2/c1-28(2)23-35-25-34(32-17-13-10-14-18-32)26-36(24-29(3)4)39(35)43-22-21-42-40(43)37-27-33(31-15-11-9-12-16-31)19-20-38(37)41(7,8)30(5)6/h9-22,25-30H,23-24H2,1-8H3. The first kappa shape index (κ1) is 30.5. The summed E-state index contributed by atoms with van der Waals surface area (Å²) in [6.07, 6.45) is 6.18. The Hall–Kier alpha value is -3.91. The molecule has 0 bridgehead atoms. The lowest BCUT2D eigenvalue weighted by atomic mass is 9.73. The Bertz CT molecular complexity index is 1620. The van der Waals surface area contributed by atoms with Gasteiger partial charge in [0.05, 0.1) is 5.69 Å². The van der Waals surface area contributed by atoms with Gasteiger partial charge in [0.2, 0.25) is 0 Å². The minimum atomic E-state index is -0.0278. The summed E-state index contributed by atoms with van der Waals surface area (Å²) in [7, 11) is 0. The summed E-state index contributed by atoms with van der Waals surface area (Å²) in [6, 6.07) is 33.4. The second-order valence-corrected chi connectivity index (χ2v) is 13.8. The smallest absolute Gasteiger partial charge is 0.144 e. The summed E-state index contributed by atoms with van der Waals surface area (Å²) in [6.45, 7) is 18.7. The lowest BCUT2D eigenvalue weighted by Gasteiger charge is -2.32. The van der Waals surface area contributed by atoms with E-state index in [1.165, 1.54) is 50.2 Å². The fourth-order valence-electron chi connectivity index (χ4n) is 6.15. The highest BCUT2D eigenvalue weighted by Gasteiger charge is 2.30. The third kappa shape index (κ3) is 6.54. The number of imidazole rings is 1. The molecule has 1 heterocycles. The van der Waals surface area contributed by atoms with E-state index in [-0.39, 0.29) is 5.41 Å². The van der Waals surface area contributed by atoms with Crippen LogP contribution in [0.3, 0.4) is 0 Å². The van der Waals surface area contributed by atoms with E-state index in [9.17, 15) is 0 Å². The first-order chi connectivity index (χ1) is 20.6. The maximum Gasteiger partial charge on any atom is 0.144 e. The van der Waals surface area contributed by atoms with Crippen LogP contribution in [0.4, 0.5) is 0 Å². The summed E-state index contributed by atoms with van der Waals surface area (Å²) < 4.78 is 2.40. The average Bonchev–Trinajstić information content (AvgIpc) is 3.46. The van der Waals surface area contributed by atoms with Crippen molar-refractivity contribution in [1.29, 1.82) is 0 Å². The molecule has 0 saturated heterocycles. The normalized spacial score (nSPS) is 12.1. The van der Waals surface area contributed by atoms with Gasteiger partial charge in [-0.3, -0.25) is 4.57 Å². The Morgan fingerprint density at radius 2 is 1.16 bits per heavy atom. The molecular weight excluding hydrogens is 520 g/mol. The van der Waals surface area contributed by atoms with Gasteiger partial charge in [-0.2, -0.15) is 0 Å². The monoisotopic (exact) mass is 568 g/mol. The number of nitrogens with zero attached hydrogens (tertiary/aromatic N) is 2. The molecule has 0 aliphatic carbocycles. The van der Waals surface area contributed by atoms with Crippen molar-refractivity contribution in [3.8, 4) is 39.3 Å². The number of aromatic nitrogens is 2. The van der Waals surface area contributed by atoms with Crippen LogP contribution >= 0.6 is 0 Å². The van der Waals surface area contributed by atoms with Crippen molar-refractivity contribution in [2.24, 2.45) is 17.8 Å². The van der Waals surface area contributed by atoms with Gasteiger partial charge in [-0.25, -0.2) is 4.98 Å². The summed E-state index contributed by atoms with van der Waals surface area (Å²) >= 11 is 0. The van der Waals surface area contributed by atoms with E-state index in [2.05, 4.69) is 157 Å². The van der Waals surface area contributed by atoms with E-state index >= 15 is 0 Å². The Balaban J connectivity index is 1.79. The maximum absolute atomic E-state index is 5.12. The highest BCUT2D eigenvalue weighted by molar-refractivity contribution is 5.76. The van der Waals surface area contributed by atoms with Gasteiger partial charge in [0.25, 0.3) is 0 Å². The minimum absolute atomic E-state index is 0.0278. The maximum atomic E-state index is 5.12. The molecule has 0 atom stereocenters. The highest BCUT2D eigenvalue weighted by Crippen LogP contribution is 2.41. The zero-order valence-electron chi connectivity index (χ0n) is 27.4. The van der Waals surface area contributed by atoms with Crippen LogP contribution in [0.1, 0.15) is 72.1 Å². The van der Waals surface area contributed by atoms with E-state index in [1.807, 2.05) is 6.20 Å². The molecule has 2 heteroatoms. The largest absolute Gasteiger partial charge is 0.299 e. The Labute approximate surface area is 259 Å². The molecule has 4 aromatic carbocycles. The zero-order chi connectivity index (χ0) is 30.7. The second-order valence-electron chi connectivity index (χ2n) is 13.8. The van der Waals surface area contributed by atoms with Crippen LogP contribution in [-0.4, -0.2) is 9.55 Å². The third-order valence-corrected chi connectivity index (χ3v) is 9.02. The predicted molar refractivity (Wildman–Crippen MR) is 185 cm³/mol. The van der Waals surface area contributed by atoms with Gasteiger partial charge in [0, 0.05) is 18.0 Å². The molecule has 0 saturated carbocycles. The van der Waals surface area contributed by atoms with E-state index in [1.54, 1.807) is 0 Å². The number of rotatable bonds is 10. The average molecular weight is 569 g/mol. The second kappa shape index (κ2) is 12.8. The van der Waals surface area contributed by atoms with Crippen LogP contribution in [0, 0.1) is 17.8 Å². The topological polar surface area (TPSA) is 17.8 Å². The molecule has 2 nitrogen and oxygen atoms in total. The van der Waals surface area contributed by atoms with Crippen LogP contribution in [0.2, 0.25) is 0 Å². The van der Waals surface area contributed by atoms with E-state index in [4.69, 9.17) is 4.98 Å². The molecule has 222 valence electrons. The van der Waals surface area contributed by atoms with Crippen LogP contribution in [0.15, 0.2) is 103 Å². The summed E-state index contributed by atoms with van der Waals surface area (Å²) in [5, 5.41) is 0. The third-order valence-electron chi connectivity index (χ3n) is 9.02. The molecule has 0 spiro atoms. The van der Waals surface area contributed by atoms with Crippen molar-refractivity contribution in [2.75, 3.05) is 0 Å². The van der Waals surface area contributed by atoms with Crippen molar-refractivity contribution in [2.45, 2.75) is 73.6 Å². The van der Waals surface area contributed by atoms with Gasteiger partial charge in [0.15, 0.2) is 0 Å². The molecule has 0 radical (unpaired) electrons. The van der Waals surface area contributed by atoms with E-state index < -0.39 is 0 Å². The molecule has 5 aromatic rings. The van der Waals surface area contributed by atoms with Crippen molar-refractivity contribution < 1.29 is 0 Å². The fourth-order valence-corrected chi connectivity index (χ4v) is 6.15. The molecule has 0 aliphatic heterocycles. The van der Waals surface area contributed by atoms with Gasteiger partial charge < -0.3 is 0 Å². The molecule has 0 aliphatic rings. The predicted octanol–water partition coefficient (Wildman–Crippen LogP) is 11.2. The molecular formula is C41H48N2. The van der Waals surface area contributed by atoms with Crippen molar-refractivity contribution in [3.63, 3.8) is 0 Å². The molecule has 1 aromatic heterocycles. The van der Waals surface area contributed by atoms with Gasteiger partial charge >= 0.3 is 0 Å². The molecule has 5 rings (SSSR count). The highest BCUT2D eigenvalue weighted by atomic mass is 15.1. The minimum Gasteiger partial charge on any atom is -0.299 e. The van der Waals surface area contributed by atoms with Crippen LogP contribution in [0.5, 0.6) is 0 Å². The first-order valence-corrected chi connectivity index (χ1v) is 16.0. The van der Waals surface area contributed by atoms with E-state index in [0.29, 0.717) is 17.8 Å². The number of hydrogen-bond donors (Lipinski definition) is 0. The van der Waals surface area contributed by atoms with Crippen LogP contribution in [0.25, 0.3) is 39.3 Å². The van der Waals surface area contributed by atoms with Gasteiger partial charge in [-0.15, -0.1) is 0 Å². The zero-order valence-corrected chi connectivity index (χ0v) is 27.4. The quantitative estimate of drug-likeness (QED) is 0.164. The van der Waals surface area contributed by atoms with Crippen molar-refractivity contribution in [1.82, 2.24) is 9.55 Å². The Kier molecular flexibility index (Phi) is 9.06. The SMILES string of the molecule is CC(C)Cc1cc(-c2ccccc2)cc(CC(C)C)c1-n1ccnc1-c1cc(-c2ccccc2)ccc1C(C)(C)C(C)C. The number of benzene rings is 4. The number of hydrogen-bond acceptors (Lipinski definition) is 1. The molecule has 0 fully saturated rings. The van der Waals surface area contributed by atoms with E-state index in [0.717, 1.165) is 18.7 Å². The first-order valence-electron chi connectivity index (χ1n) is 16.0. The van der Waals surface area contributed by atoms with Crippen LogP contribution < -0.4 is 0 Å². The Morgan fingerprint density at radius 1 is 0.628 bits per heavy atom. The Morgan fingerprint density at radius 3 is 1.67 bits per heavy atom. The van der Waals surface area contributed by atoms with Crippen molar-refractivity contribution >= 4 is 0 Å². The van der Waals surface area contributed by atoms with Gasteiger partial charge in [-0.05, 0) is 93.2 Å².